The van der Waals surface area contributed by atoms with E-state index in [0.29, 0.717) is 11.7 Å². The smallest absolute Gasteiger partial charge is 0.263 e. The van der Waals surface area contributed by atoms with Gasteiger partial charge in [-0.1, -0.05) is 38.1 Å². The highest BCUT2D eigenvalue weighted by molar-refractivity contribution is 7.92. The number of nitrogens with one attached hydrogen (secondary N) is 1. The second kappa shape index (κ2) is 12.5. The van der Waals surface area contributed by atoms with E-state index < -0.39 is 10.0 Å². The van der Waals surface area contributed by atoms with Crippen LogP contribution in [0, 0.1) is 5.92 Å². The third-order valence-electron chi connectivity index (χ3n) is 5.32. The number of hydrogen-bond acceptors (Lipinski definition) is 10. The number of benzene rings is 2. The summed E-state index contributed by atoms with van der Waals surface area (Å²) in [6, 6.07) is 15.0. The molecule has 0 aliphatic carbocycles. The third kappa shape index (κ3) is 6.98. The van der Waals surface area contributed by atoms with Gasteiger partial charge in [0.2, 0.25) is 11.6 Å². The van der Waals surface area contributed by atoms with E-state index in [9.17, 15) is 13.5 Å². The van der Waals surface area contributed by atoms with Crippen molar-refractivity contribution >= 4 is 15.8 Å². The SMILES string of the molecule is COc1ccccc1Oc1c(NS(=O)(=O)c2ccc(CC(C)C)cc2)nc(-c2ncccn2)nc1OCCO. The van der Waals surface area contributed by atoms with Gasteiger partial charge in [0.1, 0.15) is 6.61 Å². The van der Waals surface area contributed by atoms with Crippen LogP contribution >= 0.6 is 0 Å². The molecule has 39 heavy (non-hydrogen) atoms. The van der Waals surface area contributed by atoms with Gasteiger partial charge in [0, 0.05) is 12.4 Å². The number of para-hydroxylation sites is 2. The Bertz CT molecular complexity index is 1500. The zero-order valence-electron chi connectivity index (χ0n) is 21.7. The third-order valence-corrected chi connectivity index (χ3v) is 6.67. The average molecular weight is 552 g/mol. The van der Waals surface area contributed by atoms with Crippen LogP contribution in [0.25, 0.3) is 11.6 Å². The first-order valence-electron chi connectivity index (χ1n) is 12.2. The lowest BCUT2D eigenvalue weighted by atomic mass is 10.0. The molecular weight excluding hydrogens is 522 g/mol. The molecule has 12 heteroatoms. The van der Waals surface area contributed by atoms with Crippen molar-refractivity contribution in [2.45, 2.75) is 25.2 Å². The van der Waals surface area contributed by atoms with Crippen LogP contribution in [-0.2, 0) is 16.4 Å². The molecule has 0 amide bonds. The molecule has 0 saturated heterocycles. The standard InChI is InChI=1S/C27H29N5O6S/c1-18(2)17-19-9-11-20(12-10-19)39(34,35)32-24-23(38-22-8-5-4-7-21(22)36-3)27(37-16-15-33)31-26(30-24)25-28-13-6-14-29-25/h4-14,18,33H,15-17H2,1-3H3,(H,30,31,32). The van der Waals surface area contributed by atoms with Gasteiger partial charge < -0.3 is 19.3 Å². The predicted molar refractivity (Wildman–Crippen MR) is 144 cm³/mol. The Balaban J connectivity index is 1.82. The zero-order chi connectivity index (χ0) is 27.8. The second-order valence-electron chi connectivity index (χ2n) is 8.77. The van der Waals surface area contributed by atoms with Crippen molar-refractivity contribution in [3.63, 3.8) is 0 Å². The van der Waals surface area contributed by atoms with E-state index in [1.54, 1.807) is 42.5 Å². The van der Waals surface area contributed by atoms with Crippen LogP contribution in [0.2, 0.25) is 0 Å². The fraction of sp³-hybridized carbons (Fsp3) is 0.259. The second-order valence-corrected chi connectivity index (χ2v) is 10.5. The van der Waals surface area contributed by atoms with E-state index in [1.807, 2.05) is 0 Å². The summed E-state index contributed by atoms with van der Waals surface area (Å²) in [5.74, 6) is 0.727. The molecule has 0 spiro atoms. The molecule has 0 radical (unpaired) electrons. The van der Waals surface area contributed by atoms with Gasteiger partial charge in [-0.25, -0.2) is 23.4 Å². The number of nitrogens with zero attached hydrogens (tertiary/aromatic N) is 4. The molecular formula is C27H29N5O6S. The summed E-state index contributed by atoms with van der Waals surface area (Å²) < 4.78 is 46.5. The first-order valence-corrected chi connectivity index (χ1v) is 13.6. The maximum atomic E-state index is 13.5. The summed E-state index contributed by atoms with van der Waals surface area (Å²) in [7, 11) is -2.65. The van der Waals surface area contributed by atoms with Crippen LogP contribution in [0.15, 0.2) is 71.9 Å². The number of rotatable bonds is 12. The lowest BCUT2D eigenvalue weighted by Gasteiger charge is -2.18. The van der Waals surface area contributed by atoms with Crippen molar-refractivity contribution in [3.05, 3.63) is 72.6 Å². The van der Waals surface area contributed by atoms with E-state index in [0.717, 1.165) is 12.0 Å². The summed E-state index contributed by atoms with van der Waals surface area (Å²) in [4.78, 5) is 17.1. The molecule has 0 atom stereocenters. The average Bonchev–Trinajstić information content (AvgIpc) is 2.93. The molecule has 2 heterocycles. The highest BCUT2D eigenvalue weighted by Gasteiger charge is 2.26. The summed E-state index contributed by atoms with van der Waals surface area (Å²) in [5.41, 5.74) is 1.02. The van der Waals surface area contributed by atoms with Crippen LogP contribution in [0.5, 0.6) is 23.1 Å². The Labute approximate surface area is 226 Å². The van der Waals surface area contributed by atoms with Crippen LogP contribution in [0.4, 0.5) is 5.82 Å². The highest BCUT2D eigenvalue weighted by Crippen LogP contribution is 2.41. The number of methoxy groups -OCH3 is 1. The Morgan fingerprint density at radius 3 is 2.26 bits per heavy atom. The molecule has 11 nitrogen and oxygen atoms in total. The van der Waals surface area contributed by atoms with E-state index in [2.05, 4.69) is 38.5 Å². The number of aliphatic hydroxyl groups is 1. The van der Waals surface area contributed by atoms with Gasteiger partial charge in [0.05, 0.1) is 18.6 Å². The van der Waals surface area contributed by atoms with Crippen LogP contribution in [0.1, 0.15) is 19.4 Å². The Morgan fingerprint density at radius 2 is 1.62 bits per heavy atom. The zero-order valence-corrected chi connectivity index (χ0v) is 22.6. The Morgan fingerprint density at radius 1 is 0.923 bits per heavy atom. The monoisotopic (exact) mass is 551 g/mol. The number of hydrogen-bond donors (Lipinski definition) is 2. The quantitative estimate of drug-likeness (QED) is 0.264. The molecule has 204 valence electrons. The van der Waals surface area contributed by atoms with Crippen LogP contribution < -0.4 is 18.9 Å². The summed E-state index contributed by atoms with van der Waals surface area (Å²) in [6.07, 6.45) is 3.83. The lowest BCUT2D eigenvalue weighted by molar-refractivity contribution is 0.192. The van der Waals surface area contributed by atoms with Gasteiger partial charge in [0.15, 0.2) is 23.1 Å². The minimum Gasteiger partial charge on any atom is -0.493 e. The molecule has 4 rings (SSSR count). The molecule has 0 unspecified atom stereocenters. The van der Waals surface area contributed by atoms with Crippen molar-refractivity contribution in [2.24, 2.45) is 5.92 Å². The first-order chi connectivity index (χ1) is 18.8. The number of aliphatic hydroxyl groups excluding tert-OH is 1. The van der Waals surface area contributed by atoms with E-state index in [-0.39, 0.29) is 53.0 Å². The lowest BCUT2D eigenvalue weighted by Crippen LogP contribution is -2.17. The van der Waals surface area contributed by atoms with Crippen molar-refractivity contribution in [3.8, 4) is 34.8 Å². The largest absolute Gasteiger partial charge is 0.493 e. The number of anilines is 1. The molecule has 2 aromatic heterocycles. The molecule has 2 aromatic carbocycles. The summed E-state index contributed by atoms with van der Waals surface area (Å²) in [5, 5.41) is 9.39. The van der Waals surface area contributed by atoms with Gasteiger partial charge in [-0.3, -0.25) is 4.72 Å². The molecule has 2 N–H and O–H groups in total. The Hall–Kier alpha value is -4.29. The maximum Gasteiger partial charge on any atom is 0.263 e. The molecule has 0 saturated carbocycles. The molecule has 0 aliphatic rings. The topological polar surface area (TPSA) is 146 Å². The van der Waals surface area contributed by atoms with E-state index in [1.165, 1.54) is 31.6 Å². The van der Waals surface area contributed by atoms with Crippen molar-refractivity contribution in [2.75, 3.05) is 25.0 Å². The number of aromatic nitrogens is 4. The normalized spacial score (nSPS) is 11.3. The predicted octanol–water partition coefficient (Wildman–Crippen LogP) is 4.10. The van der Waals surface area contributed by atoms with Crippen molar-refractivity contribution in [1.29, 1.82) is 0 Å². The van der Waals surface area contributed by atoms with E-state index >= 15 is 0 Å². The van der Waals surface area contributed by atoms with Gasteiger partial charge in [-0.15, -0.1) is 0 Å². The number of sulfonamides is 1. The summed E-state index contributed by atoms with van der Waals surface area (Å²) >= 11 is 0. The first kappa shape index (κ1) is 27.7. The van der Waals surface area contributed by atoms with Crippen molar-refractivity contribution in [1.82, 2.24) is 19.9 Å². The maximum absolute atomic E-state index is 13.5. The molecule has 0 fully saturated rings. The summed E-state index contributed by atoms with van der Waals surface area (Å²) in [6.45, 7) is 3.72. The van der Waals surface area contributed by atoms with Gasteiger partial charge in [-0.05, 0) is 48.2 Å². The fourth-order valence-electron chi connectivity index (χ4n) is 3.62. The fourth-order valence-corrected chi connectivity index (χ4v) is 4.63. The molecule has 0 bridgehead atoms. The van der Waals surface area contributed by atoms with Gasteiger partial charge in [0.25, 0.3) is 15.9 Å². The van der Waals surface area contributed by atoms with Crippen LogP contribution in [-0.4, -0.2) is 53.8 Å². The molecule has 4 aromatic rings. The van der Waals surface area contributed by atoms with Gasteiger partial charge >= 0.3 is 0 Å². The van der Waals surface area contributed by atoms with E-state index in [4.69, 9.17) is 14.2 Å². The van der Waals surface area contributed by atoms with Crippen LogP contribution in [0.3, 0.4) is 0 Å². The number of ether oxygens (including phenoxy) is 3. The molecule has 0 aliphatic heterocycles. The highest BCUT2D eigenvalue weighted by atomic mass is 32.2. The minimum atomic E-state index is -4.12. The van der Waals surface area contributed by atoms with Gasteiger partial charge in [-0.2, -0.15) is 4.98 Å². The minimum absolute atomic E-state index is 0.0131. The van der Waals surface area contributed by atoms with Crippen molar-refractivity contribution < 1.29 is 27.7 Å². The Kier molecular flexibility index (Phi) is 8.89.